The Morgan fingerprint density at radius 1 is 0.861 bits per heavy atom. The van der Waals surface area contributed by atoms with E-state index in [4.69, 9.17) is 9.47 Å². The van der Waals surface area contributed by atoms with Crippen LogP contribution in [0, 0.1) is 5.92 Å². The molecular formula is C24H31N3O7S2. The maximum Gasteiger partial charge on any atom is 0.243 e. The van der Waals surface area contributed by atoms with Crippen LogP contribution in [-0.4, -0.2) is 77.9 Å². The number of ether oxygens (including phenoxy) is 2. The number of sulfonamides is 2. The molecule has 0 unspecified atom stereocenters. The first-order valence-electron chi connectivity index (χ1n) is 11.8. The minimum absolute atomic E-state index is 0.137. The van der Waals surface area contributed by atoms with Gasteiger partial charge >= 0.3 is 0 Å². The minimum atomic E-state index is -3.63. The quantitative estimate of drug-likeness (QED) is 0.541. The van der Waals surface area contributed by atoms with Crippen molar-refractivity contribution in [3.8, 4) is 5.75 Å². The highest BCUT2D eigenvalue weighted by Crippen LogP contribution is 2.25. The smallest absolute Gasteiger partial charge is 0.243 e. The van der Waals surface area contributed by atoms with E-state index < -0.39 is 20.0 Å². The summed E-state index contributed by atoms with van der Waals surface area (Å²) >= 11 is 0. The first-order chi connectivity index (χ1) is 17.2. The summed E-state index contributed by atoms with van der Waals surface area (Å²) in [6, 6.07) is 12.7. The molecule has 1 amide bonds. The van der Waals surface area contributed by atoms with E-state index in [1.54, 1.807) is 36.4 Å². The van der Waals surface area contributed by atoms with E-state index in [-0.39, 0.29) is 41.3 Å². The number of morpholine rings is 1. The summed E-state index contributed by atoms with van der Waals surface area (Å²) in [7, 11) is -5.67. The highest BCUT2D eigenvalue weighted by molar-refractivity contribution is 7.89. The Morgan fingerprint density at radius 3 is 1.89 bits per heavy atom. The van der Waals surface area contributed by atoms with Crippen molar-refractivity contribution in [3.05, 3.63) is 54.1 Å². The number of rotatable bonds is 8. The van der Waals surface area contributed by atoms with E-state index in [2.05, 4.69) is 5.32 Å². The van der Waals surface area contributed by atoms with Gasteiger partial charge in [-0.1, -0.05) is 12.1 Å². The van der Waals surface area contributed by atoms with Crippen LogP contribution in [0.5, 0.6) is 5.75 Å². The second-order valence-electron chi connectivity index (χ2n) is 8.73. The van der Waals surface area contributed by atoms with Crippen LogP contribution in [0.2, 0.25) is 0 Å². The minimum Gasteiger partial charge on any atom is -0.497 e. The van der Waals surface area contributed by atoms with Crippen LogP contribution in [0.3, 0.4) is 0 Å². The summed E-state index contributed by atoms with van der Waals surface area (Å²) in [6.07, 6.45) is 0.857. The summed E-state index contributed by atoms with van der Waals surface area (Å²) in [5.74, 6) is 0.160. The zero-order valence-corrected chi connectivity index (χ0v) is 21.8. The van der Waals surface area contributed by atoms with Crippen molar-refractivity contribution in [2.75, 3.05) is 46.5 Å². The molecule has 0 saturated carbocycles. The topological polar surface area (TPSA) is 122 Å². The first kappa shape index (κ1) is 26.6. The van der Waals surface area contributed by atoms with Crippen molar-refractivity contribution in [2.24, 2.45) is 5.92 Å². The number of benzene rings is 2. The second-order valence-corrected chi connectivity index (χ2v) is 12.6. The molecule has 2 aromatic rings. The molecule has 12 heteroatoms. The van der Waals surface area contributed by atoms with Gasteiger partial charge in [0.05, 0.1) is 30.1 Å². The summed E-state index contributed by atoms with van der Waals surface area (Å²) in [5, 5.41) is 2.89. The third-order valence-corrected chi connectivity index (χ3v) is 10.3. The van der Waals surface area contributed by atoms with Gasteiger partial charge in [-0.05, 0) is 54.8 Å². The van der Waals surface area contributed by atoms with Gasteiger partial charge in [0.2, 0.25) is 26.0 Å². The normalized spacial score (nSPS) is 18.6. The molecule has 2 heterocycles. The van der Waals surface area contributed by atoms with Gasteiger partial charge in [-0.15, -0.1) is 0 Å². The average Bonchev–Trinajstić information content (AvgIpc) is 2.92. The van der Waals surface area contributed by atoms with Crippen LogP contribution < -0.4 is 10.1 Å². The lowest BCUT2D eigenvalue weighted by atomic mass is 9.97. The van der Waals surface area contributed by atoms with E-state index >= 15 is 0 Å². The van der Waals surface area contributed by atoms with Gasteiger partial charge in [0.1, 0.15) is 5.75 Å². The number of nitrogens with one attached hydrogen (secondary N) is 1. The van der Waals surface area contributed by atoms with Crippen LogP contribution in [0.1, 0.15) is 18.4 Å². The van der Waals surface area contributed by atoms with Gasteiger partial charge in [0.25, 0.3) is 0 Å². The molecule has 10 nitrogen and oxygen atoms in total. The second kappa shape index (κ2) is 11.3. The zero-order valence-electron chi connectivity index (χ0n) is 20.1. The molecular weight excluding hydrogens is 506 g/mol. The summed E-state index contributed by atoms with van der Waals surface area (Å²) in [4.78, 5) is 13.1. The van der Waals surface area contributed by atoms with Crippen molar-refractivity contribution >= 4 is 26.0 Å². The molecule has 4 rings (SSSR count). The molecule has 2 saturated heterocycles. The Balaban J connectivity index is 1.28. The molecule has 0 aromatic heterocycles. The average molecular weight is 538 g/mol. The van der Waals surface area contributed by atoms with Gasteiger partial charge in [0.15, 0.2) is 0 Å². The maximum atomic E-state index is 12.9. The largest absolute Gasteiger partial charge is 0.497 e. The van der Waals surface area contributed by atoms with Crippen molar-refractivity contribution in [1.29, 1.82) is 0 Å². The lowest BCUT2D eigenvalue weighted by Gasteiger charge is -2.30. The third-order valence-electron chi connectivity index (χ3n) is 6.52. The van der Waals surface area contributed by atoms with E-state index in [9.17, 15) is 21.6 Å². The number of nitrogens with zero attached hydrogens (tertiary/aromatic N) is 2. The van der Waals surface area contributed by atoms with Crippen molar-refractivity contribution in [1.82, 2.24) is 13.9 Å². The molecule has 0 spiro atoms. The lowest BCUT2D eigenvalue weighted by Crippen LogP contribution is -2.42. The lowest BCUT2D eigenvalue weighted by molar-refractivity contribution is -0.126. The molecule has 2 aliphatic heterocycles. The number of amides is 1. The standard InChI is InChI=1S/C24H31N3O7S2/c1-33-21-4-8-23(9-5-21)35(29,30)26-12-10-20(11-13-26)24(28)25-18-19-2-6-22(7-3-19)36(31,32)27-14-16-34-17-15-27/h2-9,20H,10-18H2,1H3,(H,25,28). The molecule has 0 radical (unpaired) electrons. The monoisotopic (exact) mass is 537 g/mol. The molecule has 2 aliphatic rings. The number of methoxy groups -OCH3 is 1. The van der Waals surface area contributed by atoms with E-state index in [0.29, 0.717) is 44.9 Å². The molecule has 2 aromatic carbocycles. The summed E-state index contributed by atoms with van der Waals surface area (Å²) < 4.78 is 64.4. The van der Waals surface area contributed by atoms with Gasteiger partial charge in [0, 0.05) is 38.6 Å². The van der Waals surface area contributed by atoms with E-state index in [1.165, 1.54) is 27.9 Å². The van der Waals surface area contributed by atoms with Gasteiger partial charge in [-0.25, -0.2) is 16.8 Å². The molecule has 0 aliphatic carbocycles. The number of hydrogen-bond donors (Lipinski definition) is 1. The highest BCUT2D eigenvalue weighted by atomic mass is 32.2. The summed E-state index contributed by atoms with van der Waals surface area (Å²) in [6.45, 7) is 2.23. The first-order valence-corrected chi connectivity index (χ1v) is 14.7. The number of hydrogen-bond acceptors (Lipinski definition) is 7. The Morgan fingerprint density at radius 2 is 1.36 bits per heavy atom. The van der Waals surface area contributed by atoms with E-state index in [0.717, 1.165) is 5.56 Å². The molecule has 196 valence electrons. The predicted octanol–water partition coefficient (Wildman–Crippen LogP) is 1.43. The van der Waals surface area contributed by atoms with Crippen molar-refractivity contribution in [3.63, 3.8) is 0 Å². The Hall–Kier alpha value is -2.51. The Labute approximate surface area is 212 Å². The SMILES string of the molecule is COc1ccc(S(=O)(=O)N2CCC(C(=O)NCc3ccc(S(=O)(=O)N4CCOCC4)cc3)CC2)cc1. The predicted molar refractivity (Wildman–Crippen MR) is 132 cm³/mol. The zero-order chi connectivity index (χ0) is 25.8. The fraction of sp³-hybridized carbons (Fsp3) is 0.458. The molecule has 0 bridgehead atoms. The molecule has 0 atom stereocenters. The fourth-order valence-electron chi connectivity index (χ4n) is 4.30. The molecule has 36 heavy (non-hydrogen) atoms. The number of carbonyl (C=O) groups is 1. The number of carbonyl (C=O) groups excluding carboxylic acids is 1. The molecule has 2 fully saturated rings. The van der Waals surface area contributed by atoms with Crippen LogP contribution >= 0.6 is 0 Å². The van der Waals surface area contributed by atoms with Crippen LogP contribution in [0.25, 0.3) is 0 Å². The van der Waals surface area contributed by atoms with Crippen LogP contribution in [0.4, 0.5) is 0 Å². The maximum absolute atomic E-state index is 12.9. The molecule has 1 N–H and O–H groups in total. The number of piperidine rings is 1. The van der Waals surface area contributed by atoms with Gasteiger partial charge < -0.3 is 14.8 Å². The van der Waals surface area contributed by atoms with Crippen LogP contribution in [0.15, 0.2) is 58.3 Å². The van der Waals surface area contributed by atoms with Crippen LogP contribution in [-0.2, 0) is 36.1 Å². The highest BCUT2D eigenvalue weighted by Gasteiger charge is 2.32. The Kier molecular flexibility index (Phi) is 8.30. The van der Waals surface area contributed by atoms with E-state index in [1.807, 2.05) is 0 Å². The van der Waals surface area contributed by atoms with Gasteiger partial charge in [-0.3, -0.25) is 4.79 Å². The Bertz CT molecular complexity index is 1250. The fourth-order valence-corrected chi connectivity index (χ4v) is 7.18. The summed E-state index contributed by atoms with van der Waals surface area (Å²) in [5.41, 5.74) is 0.781. The van der Waals surface area contributed by atoms with Crippen molar-refractivity contribution < 1.29 is 31.1 Å². The third kappa shape index (κ3) is 5.89. The van der Waals surface area contributed by atoms with Crippen molar-refractivity contribution in [2.45, 2.75) is 29.2 Å². The van der Waals surface area contributed by atoms with Gasteiger partial charge in [-0.2, -0.15) is 8.61 Å².